The molecule has 0 aliphatic carbocycles. The maximum atomic E-state index is 5.62. The summed E-state index contributed by atoms with van der Waals surface area (Å²) in [6, 6.07) is 3.51. The van der Waals surface area contributed by atoms with Gasteiger partial charge in [0.05, 0.1) is 12.8 Å². The molecule has 11 heavy (non-hydrogen) atoms. The van der Waals surface area contributed by atoms with Crippen molar-refractivity contribution < 1.29 is 4.74 Å². The Bertz CT molecular complexity index is 275. The van der Waals surface area contributed by atoms with E-state index in [0.29, 0.717) is 17.1 Å². The lowest BCUT2D eigenvalue weighted by atomic mass is 10.2. The molecule has 0 bridgehead atoms. The molecule has 0 spiro atoms. The molecule has 1 rings (SSSR count). The molecule has 3 nitrogen and oxygen atoms in total. The van der Waals surface area contributed by atoms with E-state index in [1.54, 1.807) is 19.2 Å². The zero-order valence-corrected chi connectivity index (χ0v) is 8.25. The Labute approximate surface area is 78.9 Å². The van der Waals surface area contributed by atoms with Gasteiger partial charge in [-0.2, -0.15) is 0 Å². The highest BCUT2D eigenvalue weighted by Crippen LogP contribution is 2.27. The summed E-state index contributed by atoms with van der Waals surface area (Å²) in [5.74, 6) is 0.628. The van der Waals surface area contributed by atoms with E-state index in [4.69, 9.17) is 16.2 Å². The second-order valence-corrected chi connectivity index (χ2v) is 3.28. The van der Waals surface area contributed by atoms with Gasteiger partial charge in [-0.05, 0) is 28.7 Å². The summed E-state index contributed by atoms with van der Waals surface area (Å²) in [4.78, 5) is 0. The van der Waals surface area contributed by atoms with Gasteiger partial charge in [0.15, 0.2) is 0 Å². The highest BCUT2D eigenvalue weighted by Gasteiger charge is 2.02. The molecule has 1 aromatic rings. The summed E-state index contributed by atoms with van der Waals surface area (Å²) in [6.45, 7) is 0. The van der Waals surface area contributed by atoms with Crippen LogP contribution in [0, 0.1) is 3.57 Å². The first kappa shape index (κ1) is 8.45. The minimum absolute atomic E-state index is 0.617. The minimum Gasteiger partial charge on any atom is -0.495 e. The Morgan fingerprint density at radius 3 is 2.45 bits per heavy atom. The summed E-state index contributed by atoms with van der Waals surface area (Å²) in [5, 5.41) is 0. The quantitative estimate of drug-likeness (QED) is 0.596. The van der Waals surface area contributed by atoms with Crippen molar-refractivity contribution in [1.82, 2.24) is 0 Å². The van der Waals surface area contributed by atoms with E-state index in [0.717, 1.165) is 3.57 Å². The molecule has 0 aliphatic heterocycles. The number of nitrogen functional groups attached to an aromatic ring is 2. The van der Waals surface area contributed by atoms with Gasteiger partial charge < -0.3 is 16.2 Å². The first-order valence-corrected chi connectivity index (χ1v) is 4.11. The van der Waals surface area contributed by atoms with Gasteiger partial charge in [0.2, 0.25) is 0 Å². The van der Waals surface area contributed by atoms with Crippen LogP contribution in [0.25, 0.3) is 0 Å². The molecule has 0 amide bonds. The van der Waals surface area contributed by atoms with Crippen molar-refractivity contribution in [2.45, 2.75) is 0 Å². The molecule has 0 unspecified atom stereocenters. The topological polar surface area (TPSA) is 61.3 Å². The first-order valence-electron chi connectivity index (χ1n) is 3.03. The number of ether oxygens (including phenoxy) is 1. The van der Waals surface area contributed by atoms with E-state index in [1.165, 1.54) is 0 Å². The summed E-state index contributed by atoms with van der Waals surface area (Å²) in [6.07, 6.45) is 0. The Balaban J connectivity index is 3.21. The molecule has 0 aromatic heterocycles. The molecule has 4 heteroatoms. The van der Waals surface area contributed by atoms with Crippen LogP contribution in [-0.4, -0.2) is 7.11 Å². The van der Waals surface area contributed by atoms with Gasteiger partial charge in [-0.1, -0.05) is 0 Å². The van der Waals surface area contributed by atoms with Gasteiger partial charge >= 0.3 is 0 Å². The van der Waals surface area contributed by atoms with Crippen molar-refractivity contribution in [2.24, 2.45) is 0 Å². The smallest absolute Gasteiger partial charge is 0.143 e. The van der Waals surface area contributed by atoms with Crippen molar-refractivity contribution in [2.75, 3.05) is 18.6 Å². The number of hydrogen-bond donors (Lipinski definition) is 2. The number of hydrogen-bond acceptors (Lipinski definition) is 3. The third-order valence-corrected chi connectivity index (χ3v) is 2.28. The maximum Gasteiger partial charge on any atom is 0.143 e. The lowest BCUT2D eigenvalue weighted by molar-refractivity contribution is 0.417. The lowest BCUT2D eigenvalue weighted by Gasteiger charge is -2.06. The fourth-order valence-electron chi connectivity index (χ4n) is 0.761. The largest absolute Gasteiger partial charge is 0.495 e. The second kappa shape index (κ2) is 3.17. The molecule has 0 saturated heterocycles. The average molecular weight is 264 g/mol. The normalized spacial score (nSPS) is 9.64. The van der Waals surface area contributed by atoms with Crippen molar-refractivity contribution in [3.8, 4) is 5.75 Å². The molecule has 4 N–H and O–H groups in total. The van der Waals surface area contributed by atoms with Crippen molar-refractivity contribution >= 4 is 34.0 Å². The standard InChI is InChI=1S/C7H9IN2O/c1-11-7-3-5(9)4(8)2-6(7)10/h2-3H,9-10H2,1H3. The molecule has 0 aliphatic rings. The number of anilines is 2. The van der Waals surface area contributed by atoms with Crippen LogP contribution in [0.4, 0.5) is 11.4 Å². The second-order valence-electron chi connectivity index (χ2n) is 2.12. The minimum atomic E-state index is 0.617. The van der Waals surface area contributed by atoms with Crippen LogP contribution in [0.5, 0.6) is 5.75 Å². The Hall–Kier alpha value is -0.650. The average Bonchev–Trinajstić information content (AvgIpc) is 1.97. The molecule has 0 radical (unpaired) electrons. The molecule has 0 fully saturated rings. The van der Waals surface area contributed by atoms with E-state index >= 15 is 0 Å². The predicted octanol–water partition coefficient (Wildman–Crippen LogP) is 1.46. The van der Waals surface area contributed by atoms with Crippen LogP contribution in [0.15, 0.2) is 12.1 Å². The number of benzene rings is 1. The number of halogens is 1. The fourth-order valence-corrected chi connectivity index (χ4v) is 1.25. The van der Waals surface area contributed by atoms with Crippen molar-refractivity contribution in [3.63, 3.8) is 0 Å². The molecular weight excluding hydrogens is 255 g/mol. The van der Waals surface area contributed by atoms with E-state index in [1.807, 2.05) is 0 Å². The lowest BCUT2D eigenvalue weighted by Crippen LogP contribution is -1.96. The van der Waals surface area contributed by atoms with E-state index < -0.39 is 0 Å². The van der Waals surface area contributed by atoms with E-state index in [-0.39, 0.29) is 0 Å². The van der Waals surface area contributed by atoms with Crippen LogP contribution in [0.1, 0.15) is 0 Å². The van der Waals surface area contributed by atoms with Gasteiger partial charge in [-0.3, -0.25) is 0 Å². The van der Waals surface area contributed by atoms with Gasteiger partial charge in [0.1, 0.15) is 5.75 Å². The molecule has 0 atom stereocenters. The van der Waals surface area contributed by atoms with Gasteiger partial charge in [-0.15, -0.1) is 0 Å². The fraction of sp³-hybridized carbons (Fsp3) is 0.143. The SMILES string of the molecule is COc1cc(N)c(I)cc1N. The zero-order chi connectivity index (χ0) is 8.43. The Morgan fingerprint density at radius 1 is 1.27 bits per heavy atom. The highest BCUT2D eigenvalue weighted by molar-refractivity contribution is 14.1. The molecule has 0 heterocycles. The molecule has 0 saturated carbocycles. The molecular formula is C7H9IN2O. The first-order chi connectivity index (χ1) is 5.15. The van der Waals surface area contributed by atoms with Crippen LogP contribution in [0.3, 0.4) is 0 Å². The summed E-state index contributed by atoms with van der Waals surface area (Å²) < 4.78 is 5.92. The number of methoxy groups -OCH3 is 1. The molecule has 60 valence electrons. The van der Waals surface area contributed by atoms with Crippen LogP contribution < -0.4 is 16.2 Å². The number of nitrogens with two attached hydrogens (primary N) is 2. The third kappa shape index (κ3) is 1.68. The number of rotatable bonds is 1. The van der Waals surface area contributed by atoms with Gasteiger partial charge in [-0.25, -0.2) is 0 Å². The van der Waals surface area contributed by atoms with E-state index in [9.17, 15) is 0 Å². The van der Waals surface area contributed by atoms with Crippen LogP contribution in [-0.2, 0) is 0 Å². The molecule has 1 aromatic carbocycles. The zero-order valence-electron chi connectivity index (χ0n) is 6.10. The predicted molar refractivity (Wildman–Crippen MR) is 54.5 cm³/mol. The maximum absolute atomic E-state index is 5.62. The van der Waals surface area contributed by atoms with Crippen molar-refractivity contribution in [3.05, 3.63) is 15.7 Å². The summed E-state index contributed by atoms with van der Waals surface area (Å²) in [5.41, 5.74) is 12.5. The van der Waals surface area contributed by atoms with Crippen molar-refractivity contribution in [1.29, 1.82) is 0 Å². The van der Waals surface area contributed by atoms with E-state index in [2.05, 4.69) is 22.6 Å². The summed E-state index contributed by atoms with van der Waals surface area (Å²) in [7, 11) is 1.57. The highest BCUT2D eigenvalue weighted by atomic mass is 127. The monoisotopic (exact) mass is 264 g/mol. The Kier molecular flexibility index (Phi) is 2.43. The van der Waals surface area contributed by atoms with Gasteiger partial charge in [0.25, 0.3) is 0 Å². The van der Waals surface area contributed by atoms with Crippen LogP contribution >= 0.6 is 22.6 Å². The summed E-state index contributed by atoms with van der Waals surface area (Å²) >= 11 is 2.12. The van der Waals surface area contributed by atoms with Crippen LogP contribution in [0.2, 0.25) is 0 Å². The van der Waals surface area contributed by atoms with Gasteiger partial charge in [0, 0.05) is 15.3 Å². The third-order valence-electron chi connectivity index (χ3n) is 1.35. The Morgan fingerprint density at radius 2 is 1.91 bits per heavy atom.